The van der Waals surface area contributed by atoms with E-state index in [1.165, 1.54) is 0 Å². The Morgan fingerprint density at radius 1 is 1.59 bits per heavy atom. The summed E-state index contributed by atoms with van der Waals surface area (Å²) >= 11 is 0. The fourth-order valence-electron chi connectivity index (χ4n) is 1.52. The molecule has 96 valence electrons. The Kier molecular flexibility index (Phi) is 4.93. The lowest BCUT2D eigenvalue weighted by atomic mass is 10.3. The summed E-state index contributed by atoms with van der Waals surface area (Å²) in [5.41, 5.74) is 0. The highest BCUT2D eigenvalue weighted by molar-refractivity contribution is 5.83. The van der Waals surface area contributed by atoms with Crippen molar-refractivity contribution in [3.8, 4) is 0 Å². The number of rotatable bonds is 6. The van der Waals surface area contributed by atoms with Crippen LogP contribution in [-0.4, -0.2) is 45.4 Å². The minimum absolute atomic E-state index is 0.0664. The topological polar surface area (TPSA) is 63.1 Å². The molecule has 1 N–H and O–H groups in total. The van der Waals surface area contributed by atoms with Gasteiger partial charge in [-0.1, -0.05) is 12.1 Å². The van der Waals surface area contributed by atoms with Gasteiger partial charge < -0.3 is 10.2 Å². The molecule has 0 saturated heterocycles. The highest BCUT2D eigenvalue weighted by atomic mass is 16.2. The van der Waals surface area contributed by atoms with E-state index in [0.29, 0.717) is 6.54 Å². The summed E-state index contributed by atoms with van der Waals surface area (Å²) < 4.78 is 1.77. The molecular formula is C11H21N5O. The Balaban J connectivity index is 2.64. The number of carbonyl (C=O) groups excluding carboxylic acids is 1. The van der Waals surface area contributed by atoms with Crippen LogP contribution >= 0.6 is 0 Å². The molecule has 0 fully saturated rings. The standard InChI is InChI=1S/C11H21N5O/c1-5-7-16-10(8-12-14-16)13-9(3)11(17)15(4)6-2/h8-9,13H,5-7H2,1-4H3. The zero-order chi connectivity index (χ0) is 12.8. The fraction of sp³-hybridized carbons (Fsp3) is 0.727. The number of amides is 1. The van der Waals surface area contributed by atoms with Crippen LogP contribution in [0.5, 0.6) is 0 Å². The van der Waals surface area contributed by atoms with E-state index in [2.05, 4.69) is 22.6 Å². The van der Waals surface area contributed by atoms with Gasteiger partial charge in [-0.25, -0.2) is 4.68 Å². The predicted molar refractivity (Wildman–Crippen MR) is 66.7 cm³/mol. The molecule has 1 atom stereocenters. The molecule has 6 heteroatoms. The van der Waals surface area contributed by atoms with Crippen molar-refractivity contribution in [2.45, 2.75) is 39.8 Å². The zero-order valence-corrected chi connectivity index (χ0v) is 11.0. The van der Waals surface area contributed by atoms with Crippen molar-refractivity contribution in [1.29, 1.82) is 0 Å². The van der Waals surface area contributed by atoms with Crippen molar-refractivity contribution < 1.29 is 4.79 Å². The molecule has 1 rings (SSSR count). The Morgan fingerprint density at radius 3 is 2.88 bits per heavy atom. The number of anilines is 1. The predicted octanol–water partition coefficient (Wildman–Crippen LogP) is 0.967. The van der Waals surface area contributed by atoms with Gasteiger partial charge in [0.2, 0.25) is 5.91 Å². The summed E-state index contributed by atoms with van der Waals surface area (Å²) in [5.74, 6) is 0.856. The summed E-state index contributed by atoms with van der Waals surface area (Å²) in [6.45, 7) is 7.38. The highest BCUT2D eigenvalue weighted by Gasteiger charge is 2.17. The third kappa shape index (κ3) is 3.44. The summed E-state index contributed by atoms with van der Waals surface area (Å²) in [5, 5.41) is 10.9. The van der Waals surface area contributed by atoms with Crippen molar-refractivity contribution >= 4 is 11.7 Å². The van der Waals surface area contributed by atoms with E-state index in [9.17, 15) is 4.79 Å². The van der Waals surface area contributed by atoms with Gasteiger partial charge in [0.25, 0.3) is 0 Å². The van der Waals surface area contributed by atoms with E-state index in [0.717, 1.165) is 18.8 Å². The molecule has 0 aliphatic carbocycles. The first-order valence-corrected chi connectivity index (χ1v) is 6.00. The largest absolute Gasteiger partial charge is 0.357 e. The SMILES string of the molecule is CCCn1nncc1NC(C)C(=O)N(C)CC. The normalized spacial score (nSPS) is 12.2. The second-order valence-corrected chi connectivity index (χ2v) is 4.06. The van der Waals surface area contributed by atoms with Crippen molar-refractivity contribution in [1.82, 2.24) is 19.9 Å². The van der Waals surface area contributed by atoms with Crippen LogP contribution in [0.2, 0.25) is 0 Å². The number of aromatic nitrogens is 3. The minimum atomic E-state index is -0.269. The molecule has 1 unspecified atom stereocenters. The Morgan fingerprint density at radius 2 is 2.29 bits per heavy atom. The quantitative estimate of drug-likeness (QED) is 0.803. The van der Waals surface area contributed by atoms with E-state index in [1.807, 2.05) is 13.8 Å². The third-order valence-electron chi connectivity index (χ3n) is 2.64. The molecule has 0 saturated carbocycles. The number of hydrogen-bond acceptors (Lipinski definition) is 4. The lowest BCUT2D eigenvalue weighted by Crippen LogP contribution is -2.39. The van der Waals surface area contributed by atoms with Crippen molar-refractivity contribution in [2.24, 2.45) is 0 Å². The van der Waals surface area contributed by atoms with Gasteiger partial charge in [-0.15, -0.1) is 5.10 Å². The van der Waals surface area contributed by atoms with Crippen LogP contribution in [0.3, 0.4) is 0 Å². The molecule has 1 amide bonds. The van der Waals surface area contributed by atoms with Crippen molar-refractivity contribution in [3.05, 3.63) is 6.20 Å². The first-order chi connectivity index (χ1) is 8.10. The zero-order valence-electron chi connectivity index (χ0n) is 11.0. The van der Waals surface area contributed by atoms with E-state index in [-0.39, 0.29) is 11.9 Å². The number of nitrogens with one attached hydrogen (secondary N) is 1. The number of likely N-dealkylation sites (N-methyl/N-ethyl adjacent to an activating group) is 1. The minimum Gasteiger partial charge on any atom is -0.357 e. The Labute approximate surface area is 102 Å². The van der Waals surface area contributed by atoms with Gasteiger partial charge in [0.15, 0.2) is 0 Å². The Hall–Kier alpha value is -1.59. The molecule has 0 aliphatic heterocycles. The molecule has 0 spiro atoms. The summed E-state index contributed by atoms with van der Waals surface area (Å²) in [7, 11) is 1.79. The number of hydrogen-bond donors (Lipinski definition) is 1. The van der Waals surface area contributed by atoms with Gasteiger partial charge in [-0.05, 0) is 20.3 Å². The van der Waals surface area contributed by atoms with Crippen LogP contribution in [0, 0.1) is 0 Å². The van der Waals surface area contributed by atoms with E-state index in [4.69, 9.17) is 0 Å². The summed E-state index contributed by atoms with van der Waals surface area (Å²) in [6.07, 6.45) is 2.63. The number of carbonyl (C=O) groups is 1. The van der Waals surface area contributed by atoms with Crippen LogP contribution in [0.1, 0.15) is 27.2 Å². The Bertz CT molecular complexity index is 362. The van der Waals surface area contributed by atoms with Gasteiger partial charge in [0, 0.05) is 20.1 Å². The summed E-state index contributed by atoms with van der Waals surface area (Å²) in [4.78, 5) is 13.6. The lowest BCUT2D eigenvalue weighted by molar-refractivity contribution is -0.130. The van der Waals surface area contributed by atoms with Crippen LogP contribution in [0.25, 0.3) is 0 Å². The van der Waals surface area contributed by atoms with Crippen LogP contribution in [0.4, 0.5) is 5.82 Å². The average molecular weight is 239 g/mol. The van der Waals surface area contributed by atoms with Crippen LogP contribution in [-0.2, 0) is 11.3 Å². The van der Waals surface area contributed by atoms with Gasteiger partial charge in [-0.2, -0.15) is 0 Å². The molecular weight excluding hydrogens is 218 g/mol. The van der Waals surface area contributed by atoms with Gasteiger partial charge in [0.1, 0.15) is 11.9 Å². The molecule has 0 aliphatic rings. The molecule has 1 heterocycles. The number of aryl methyl sites for hydroxylation is 1. The maximum Gasteiger partial charge on any atom is 0.244 e. The molecule has 17 heavy (non-hydrogen) atoms. The molecule has 0 aromatic carbocycles. The fourth-order valence-corrected chi connectivity index (χ4v) is 1.52. The maximum absolute atomic E-state index is 11.9. The molecule has 0 radical (unpaired) electrons. The smallest absolute Gasteiger partial charge is 0.244 e. The second-order valence-electron chi connectivity index (χ2n) is 4.06. The van der Waals surface area contributed by atoms with Crippen LogP contribution in [0.15, 0.2) is 6.20 Å². The van der Waals surface area contributed by atoms with Crippen molar-refractivity contribution in [3.63, 3.8) is 0 Å². The van der Waals surface area contributed by atoms with Crippen LogP contribution < -0.4 is 5.32 Å². The molecule has 1 aromatic heterocycles. The van der Waals surface area contributed by atoms with E-state index in [1.54, 1.807) is 22.8 Å². The maximum atomic E-state index is 11.9. The lowest BCUT2D eigenvalue weighted by Gasteiger charge is -2.21. The van der Waals surface area contributed by atoms with Gasteiger partial charge in [0.05, 0.1) is 6.20 Å². The first-order valence-electron chi connectivity index (χ1n) is 6.00. The van der Waals surface area contributed by atoms with Gasteiger partial charge in [-0.3, -0.25) is 4.79 Å². The molecule has 6 nitrogen and oxygen atoms in total. The molecule has 0 bridgehead atoms. The first kappa shape index (κ1) is 13.5. The number of nitrogens with zero attached hydrogens (tertiary/aromatic N) is 4. The van der Waals surface area contributed by atoms with Crippen molar-refractivity contribution in [2.75, 3.05) is 18.9 Å². The van der Waals surface area contributed by atoms with Gasteiger partial charge >= 0.3 is 0 Å². The molecule has 1 aromatic rings. The van der Waals surface area contributed by atoms with E-state index < -0.39 is 0 Å². The summed E-state index contributed by atoms with van der Waals surface area (Å²) in [6, 6.07) is -0.269. The second kappa shape index (κ2) is 6.22. The van der Waals surface area contributed by atoms with E-state index >= 15 is 0 Å². The average Bonchev–Trinajstić information content (AvgIpc) is 2.75. The third-order valence-corrected chi connectivity index (χ3v) is 2.64. The highest BCUT2D eigenvalue weighted by Crippen LogP contribution is 2.07. The monoisotopic (exact) mass is 239 g/mol.